The molecule has 13 heteroatoms. The molecular formula is C40H47N4O9+. The highest BCUT2D eigenvalue weighted by atomic mass is 16.5. The molecule has 1 heterocycles. The molecule has 0 radical (unpaired) electrons. The summed E-state index contributed by atoms with van der Waals surface area (Å²) in [6.07, 6.45) is 0. The maximum absolute atomic E-state index is 11.9. The van der Waals surface area contributed by atoms with Crippen molar-refractivity contribution < 1.29 is 43.9 Å². The lowest BCUT2D eigenvalue weighted by Crippen LogP contribution is -2.33. The van der Waals surface area contributed by atoms with Gasteiger partial charge in [-0.05, 0) is 60.5 Å². The summed E-state index contributed by atoms with van der Waals surface area (Å²) in [5.74, 6) is -0.597. The van der Waals surface area contributed by atoms with E-state index in [-0.39, 0.29) is 52.6 Å². The van der Waals surface area contributed by atoms with E-state index in [0.29, 0.717) is 34.2 Å². The molecular weight excluding hydrogens is 680 g/mol. The molecule has 4 N–H and O–H groups in total. The average Bonchev–Trinajstić information content (AvgIpc) is 3.11. The molecule has 1 aliphatic carbocycles. The number of hydrogen-bond acceptors (Lipinski definition) is 10. The van der Waals surface area contributed by atoms with Crippen LogP contribution in [0.1, 0.15) is 5.56 Å². The number of carboxylic acid groups (broad SMARTS) is 2. The molecule has 280 valence electrons. The summed E-state index contributed by atoms with van der Waals surface area (Å²) in [4.78, 5) is 28.5. The summed E-state index contributed by atoms with van der Waals surface area (Å²) in [6.45, 7) is 0.980. The Balaban J connectivity index is 1.57. The van der Waals surface area contributed by atoms with Crippen molar-refractivity contribution >= 4 is 40.0 Å². The minimum absolute atomic E-state index is 0.0484. The zero-order chi connectivity index (χ0) is 38.2. The van der Waals surface area contributed by atoms with Gasteiger partial charge in [0.2, 0.25) is 5.36 Å². The SMILES string of the molecule is Cc1ccc(N(CCO)CC(=O)O)c(OCCOc2cc(-c3c4ccc(=[N+](C)C)cc-4oc4cc(N(C)C)ccc34)ccc2N(CCO)CC(=O)O)c1. The van der Waals surface area contributed by atoms with Crippen molar-refractivity contribution in [3.05, 3.63) is 83.7 Å². The van der Waals surface area contributed by atoms with E-state index < -0.39 is 11.9 Å². The maximum atomic E-state index is 11.9. The van der Waals surface area contributed by atoms with Gasteiger partial charge in [-0.1, -0.05) is 12.1 Å². The third kappa shape index (κ3) is 9.18. The van der Waals surface area contributed by atoms with Gasteiger partial charge >= 0.3 is 11.9 Å². The Bertz CT molecular complexity index is 2120. The fraction of sp³-hybridized carbons (Fsp3) is 0.325. The van der Waals surface area contributed by atoms with Gasteiger partial charge in [-0.25, -0.2) is 4.58 Å². The van der Waals surface area contributed by atoms with E-state index in [9.17, 15) is 30.0 Å². The van der Waals surface area contributed by atoms with Gasteiger partial charge in [0, 0.05) is 61.5 Å². The van der Waals surface area contributed by atoms with Crippen LogP contribution in [0.5, 0.6) is 11.5 Å². The standard InChI is InChI=1S/C40H46N4O9/c1-26-6-12-32(43(14-16-45)24-38(47)48)36(20-26)51-18-19-52-37-21-27(7-13-33(37)44(15-17-46)25-39(49)50)40-30-10-8-28(41(2)3)22-34(30)53-35-23-29(42(4)5)9-11-31(35)40/h6-13,20-23,45-46H,14-19,24-25H2,1-5H3,(H-,47,48,49,50)/p+1. The quantitative estimate of drug-likeness (QED) is 0.0624. The summed E-state index contributed by atoms with van der Waals surface area (Å²) in [7, 11) is 7.87. The predicted molar refractivity (Wildman–Crippen MR) is 206 cm³/mol. The lowest BCUT2D eigenvalue weighted by Gasteiger charge is -2.26. The van der Waals surface area contributed by atoms with Gasteiger partial charge in [-0.2, -0.15) is 0 Å². The van der Waals surface area contributed by atoms with Gasteiger partial charge in [-0.15, -0.1) is 0 Å². The van der Waals surface area contributed by atoms with Crippen molar-refractivity contribution in [1.29, 1.82) is 0 Å². The van der Waals surface area contributed by atoms with Crippen LogP contribution >= 0.6 is 0 Å². The van der Waals surface area contributed by atoms with E-state index in [0.717, 1.165) is 38.7 Å². The molecule has 0 aromatic heterocycles. The Morgan fingerprint density at radius 3 is 1.92 bits per heavy atom. The van der Waals surface area contributed by atoms with Crippen LogP contribution in [0.15, 0.2) is 77.2 Å². The number of fused-ring (bicyclic) bond motifs is 2. The van der Waals surface area contributed by atoms with Gasteiger partial charge in [0.1, 0.15) is 63.2 Å². The van der Waals surface area contributed by atoms with Gasteiger partial charge < -0.3 is 49.0 Å². The normalized spacial score (nSPS) is 11.1. The number of anilines is 3. The van der Waals surface area contributed by atoms with Crippen molar-refractivity contribution in [3.8, 4) is 33.9 Å². The molecule has 0 amide bonds. The van der Waals surface area contributed by atoms with E-state index in [1.54, 1.807) is 23.1 Å². The largest absolute Gasteiger partial charge is 0.488 e. The van der Waals surface area contributed by atoms with Crippen LogP contribution < -0.4 is 34.1 Å². The molecule has 0 fully saturated rings. The van der Waals surface area contributed by atoms with E-state index in [2.05, 4.69) is 0 Å². The second kappa shape index (κ2) is 17.2. The van der Waals surface area contributed by atoms with Crippen LogP contribution in [0.4, 0.5) is 17.1 Å². The van der Waals surface area contributed by atoms with E-state index in [4.69, 9.17) is 13.9 Å². The first kappa shape index (κ1) is 38.4. The molecule has 0 spiro atoms. The lowest BCUT2D eigenvalue weighted by molar-refractivity contribution is -0.136. The number of ether oxygens (including phenoxy) is 2. The van der Waals surface area contributed by atoms with Crippen LogP contribution in [-0.2, 0) is 9.59 Å². The number of nitrogens with zero attached hydrogens (tertiary/aromatic N) is 4. The zero-order valence-electron chi connectivity index (χ0n) is 30.7. The molecule has 53 heavy (non-hydrogen) atoms. The third-order valence-corrected chi connectivity index (χ3v) is 8.76. The highest BCUT2D eigenvalue weighted by molar-refractivity contribution is 6.03. The highest BCUT2D eigenvalue weighted by Crippen LogP contribution is 2.43. The van der Waals surface area contributed by atoms with Crippen LogP contribution in [0.2, 0.25) is 0 Å². The molecule has 3 aromatic carbocycles. The lowest BCUT2D eigenvalue weighted by atomic mass is 9.93. The monoisotopic (exact) mass is 727 g/mol. The summed E-state index contributed by atoms with van der Waals surface area (Å²) >= 11 is 0. The van der Waals surface area contributed by atoms with Crippen molar-refractivity contribution in [3.63, 3.8) is 0 Å². The van der Waals surface area contributed by atoms with Gasteiger partial charge in [-0.3, -0.25) is 9.59 Å². The molecule has 0 saturated heterocycles. The summed E-state index contributed by atoms with van der Waals surface area (Å²) < 4.78 is 21.0. The Hall–Kier alpha value is -5.79. The molecule has 0 atom stereocenters. The molecule has 13 nitrogen and oxygen atoms in total. The molecule has 0 unspecified atom stereocenters. The predicted octanol–water partition coefficient (Wildman–Crippen LogP) is 3.84. The number of carbonyl (C=O) groups is 2. The second-order valence-corrected chi connectivity index (χ2v) is 13.1. The number of hydrogen-bond donors (Lipinski definition) is 4. The highest BCUT2D eigenvalue weighted by Gasteiger charge is 2.22. The molecule has 2 aliphatic rings. The second-order valence-electron chi connectivity index (χ2n) is 13.1. The number of benzene rings is 4. The van der Waals surface area contributed by atoms with Crippen LogP contribution in [0.3, 0.4) is 0 Å². The number of carboxylic acids is 2. The minimum atomic E-state index is -1.06. The van der Waals surface area contributed by atoms with Crippen LogP contribution in [-0.4, -0.2) is 113 Å². The number of aliphatic hydroxyl groups is 2. The summed E-state index contributed by atoms with van der Waals surface area (Å²) in [5.41, 5.74) is 6.15. The first-order chi connectivity index (χ1) is 25.4. The summed E-state index contributed by atoms with van der Waals surface area (Å²) in [5, 5.41) is 40.5. The van der Waals surface area contributed by atoms with Crippen molar-refractivity contribution in [1.82, 2.24) is 4.58 Å². The maximum Gasteiger partial charge on any atom is 0.323 e. The average molecular weight is 728 g/mol. The minimum Gasteiger partial charge on any atom is -0.488 e. The van der Waals surface area contributed by atoms with E-state index in [1.165, 1.54) is 4.90 Å². The Labute approximate surface area is 308 Å². The molecule has 3 aromatic rings. The summed E-state index contributed by atoms with van der Waals surface area (Å²) in [6, 6.07) is 23.1. The topological polar surface area (TPSA) is 159 Å². The van der Waals surface area contributed by atoms with Gasteiger partial charge in [0.05, 0.1) is 30.7 Å². The molecule has 1 aliphatic heterocycles. The molecule has 0 bridgehead atoms. The van der Waals surface area contributed by atoms with E-state index >= 15 is 0 Å². The number of rotatable bonds is 17. The van der Waals surface area contributed by atoms with E-state index in [1.807, 2.05) is 99.2 Å². The van der Waals surface area contributed by atoms with Crippen molar-refractivity contribution in [2.45, 2.75) is 6.92 Å². The molecule has 5 rings (SSSR count). The first-order valence-electron chi connectivity index (χ1n) is 17.2. The first-order valence-corrected chi connectivity index (χ1v) is 17.2. The smallest absolute Gasteiger partial charge is 0.323 e. The number of aryl methyl sites for hydroxylation is 1. The molecule has 0 saturated carbocycles. The Morgan fingerprint density at radius 1 is 0.755 bits per heavy atom. The van der Waals surface area contributed by atoms with Gasteiger partial charge in [0.25, 0.3) is 0 Å². The number of aliphatic carboxylic acids is 2. The van der Waals surface area contributed by atoms with Gasteiger partial charge in [0.15, 0.2) is 0 Å². The Kier molecular flexibility index (Phi) is 12.4. The fourth-order valence-corrected chi connectivity index (χ4v) is 6.22. The van der Waals surface area contributed by atoms with Crippen molar-refractivity contribution in [2.24, 2.45) is 0 Å². The van der Waals surface area contributed by atoms with Crippen LogP contribution in [0, 0.1) is 6.92 Å². The third-order valence-electron chi connectivity index (χ3n) is 8.76. The van der Waals surface area contributed by atoms with Crippen LogP contribution in [0.25, 0.3) is 33.4 Å². The number of aliphatic hydroxyl groups excluding tert-OH is 2. The van der Waals surface area contributed by atoms with Crippen molar-refractivity contribution in [2.75, 3.05) is 95.5 Å². The zero-order valence-corrected chi connectivity index (χ0v) is 30.7. The Morgan fingerprint density at radius 2 is 1.36 bits per heavy atom. The fourth-order valence-electron chi connectivity index (χ4n) is 6.22.